The Hall–Kier alpha value is -1.69. The first-order chi connectivity index (χ1) is 7.78. The standard InChI is InChI=1S/C10H13N5O/c1-2-14-3-7(4-14)15-5-8-9(13-15)10(16)12-6-11-8/h5-7H,2-4H2,1H3,(H,11,12,16). The summed E-state index contributed by atoms with van der Waals surface area (Å²) in [6.07, 6.45) is 3.26. The minimum absolute atomic E-state index is 0.171. The summed E-state index contributed by atoms with van der Waals surface area (Å²) in [5.74, 6) is 0. The molecule has 0 aromatic carbocycles. The van der Waals surface area contributed by atoms with Gasteiger partial charge in [-0.1, -0.05) is 6.92 Å². The number of H-pyrrole nitrogens is 1. The molecule has 1 fully saturated rings. The van der Waals surface area contributed by atoms with E-state index in [1.807, 2.05) is 10.9 Å². The largest absolute Gasteiger partial charge is 0.311 e. The smallest absolute Gasteiger partial charge is 0.279 e. The molecule has 3 rings (SSSR count). The van der Waals surface area contributed by atoms with Gasteiger partial charge in [-0.05, 0) is 6.54 Å². The fraction of sp³-hybridized carbons (Fsp3) is 0.500. The Labute approximate surface area is 91.9 Å². The fourth-order valence-corrected chi connectivity index (χ4v) is 2.02. The summed E-state index contributed by atoms with van der Waals surface area (Å²) < 4.78 is 1.86. The van der Waals surface area contributed by atoms with Crippen molar-refractivity contribution in [3.05, 3.63) is 22.9 Å². The number of aromatic nitrogens is 4. The number of hydrogen-bond acceptors (Lipinski definition) is 4. The molecule has 3 heterocycles. The number of likely N-dealkylation sites (N-methyl/N-ethyl adjacent to an activating group) is 1. The number of likely N-dealkylation sites (tertiary alicyclic amines) is 1. The van der Waals surface area contributed by atoms with Gasteiger partial charge in [-0.25, -0.2) is 4.98 Å². The molecule has 6 nitrogen and oxygen atoms in total. The van der Waals surface area contributed by atoms with Crippen molar-refractivity contribution in [1.29, 1.82) is 0 Å². The van der Waals surface area contributed by atoms with Crippen LogP contribution in [0, 0.1) is 0 Å². The average molecular weight is 219 g/mol. The van der Waals surface area contributed by atoms with Gasteiger partial charge in [0.1, 0.15) is 5.52 Å². The minimum atomic E-state index is -0.171. The summed E-state index contributed by atoms with van der Waals surface area (Å²) in [5, 5.41) is 4.29. The van der Waals surface area contributed by atoms with E-state index in [-0.39, 0.29) is 5.56 Å². The molecule has 0 bridgehead atoms. The van der Waals surface area contributed by atoms with E-state index in [0.717, 1.165) is 19.6 Å². The lowest BCUT2D eigenvalue weighted by molar-refractivity contribution is 0.106. The second kappa shape index (κ2) is 3.41. The second-order valence-corrected chi connectivity index (χ2v) is 4.08. The third-order valence-corrected chi connectivity index (χ3v) is 3.09. The van der Waals surface area contributed by atoms with E-state index < -0.39 is 0 Å². The highest BCUT2D eigenvalue weighted by atomic mass is 16.1. The first-order valence-corrected chi connectivity index (χ1v) is 5.43. The molecule has 1 aliphatic rings. The summed E-state index contributed by atoms with van der Waals surface area (Å²) in [6, 6.07) is 0.383. The summed E-state index contributed by atoms with van der Waals surface area (Å²) >= 11 is 0. The quantitative estimate of drug-likeness (QED) is 0.771. The van der Waals surface area contributed by atoms with Crippen LogP contribution >= 0.6 is 0 Å². The molecule has 0 spiro atoms. The molecule has 2 aromatic heterocycles. The van der Waals surface area contributed by atoms with Crippen molar-refractivity contribution in [3.63, 3.8) is 0 Å². The van der Waals surface area contributed by atoms with E-state index in [1.165, 1.54) is 6.33 Å². The summed E-state index contributed by atoms with van der Waals surface area (Å²) in [6.45, 7) is 5.21. The van der Waals surface area contributed by atoms with Gasteiger partial charge in [-0.3, -0.25) is 14.4 Å². The zero-order valence-electron chi connectivity index (χ0n) is 9.05. The van der Waals surface area contributed by atoms with Gasteiger partial charge in [0, 0.05) is 13.1 Å². The molecule has 0 amide bonds. The van der Waals surface area contributed by atoms with Crippen molar-refractivity contribution >= 4 is 11.0 Å². The Kier molecular flexibility index (Phi) is 2.03. The molecule has 0 unspecified atom stereocenters. The maximum absolute atomic E-state index is 11.5. The molecule has 6 heteroatoms. The molecular weight excluding hydrogens is 206 g/mol. The molecule has 0 atom stereocenters. The van der Waals surface area contributed by atoms with E-state index >= 15 is 0 Å². The number of nitrogens with zero attached hydrogens (tertiary/aromatic N) is 4. The van der Waals surface area contributed by atoms with Crippen LogP contribution in [0.2, 0.25) is 0 Å². The van der Waals surface area contributed by atoms with Gasteiger partial charge in [-0.2, -0.15) is 5.10 Å². The highest BCUT2D eigenvalue weighted by Crippen LogP contribution is 2.20. The molecule has 16 heavy (non-hydrogen) atoms. The van der Waals surface area contributed by atoms with Crippen LogP contribution in [0.3, 0.4) is 0 Å². The third kappa shape index (κ3) is 1.34. The van der Waals surface area contributed by atoms with Gasteiger partial charge in [0.2, 0.25) is 0 Å². The van der Waals surface area contributed by atoms with Crippen molar-refractivity contribution in [2.45, 2.75) is 13.0 Å². The average Bonchev–Trinajstić information content (AvgIpc) is 2.61. The van der Waals surface area contributed by atoms with Gasteiger partial charge < -0.3 is 4.98 Å². The molecule has 0 radical (unpaired) electrons. The van der Waals surface area contributed by atoms with Crippen LogP contribution in [0.15, 0.2) is 17.3 Å². The van der Waals surface area contributed by atoms with Crippen LogP contribution in [0.1, 0.15) is 13.0 Å². The second-order valence-electron chi connectivity index (χ2n) is 4.08. The third-order valence-electron chi connectivity index (χ3n) is 3.09. The van der Waals surface area contributed by atoms with Crippen molar-refractivity contribution in [2.75, 3.05) is 19.6 Å². The van der Waals surface area contributed by atoms with Crippen molar-refractivity contribution in [1.82, 2.24) is 24.6 Å². The highest BCUT2D eigenvalue weighted by molar-refractivity contribution is 5.71. The topological polar surface area (TPSA) is 66.8 Å². The van der Waals surface area contributed by atoms with E-state index in [9.17, 15) is 4.79 Å². The van der Waals surface area contributed by atoms with E-state index in [0.29, 0.717) is 17.1 Å². The summed E-state index contributed by atoms with van der Waals surface area (Å²) in [5.41, 5.74) is 0.923. The Balaban J connectivity index is 1.95. The predicted molar refractivity (Wildman–Crippen MR) is 59.3 cm³/mol. The van der Waals surface area contributed by atoms with Gasteiger partial charge in [0.15, 0.2) is 5.52 Å². The molecule has 0 aliphatic carbocycles. The fourth-order valence-electron chi connectivity index (χ4n) is 2.02. The molecular formula is C10H13N5O. The first kappa shape index (κ1) is 9.53. The van der Waals surface area contributed by atoms with Crippen LogP contribution in [0.4, 0.5) is 0 Å². The SMILES string of the molecule is CCN1CC(n2cc3nc[nH]c(=O)c3n2)C1. The predicted octanol–water partition coefficient (Wildman–Crippen LogP) is -0.00380. The highest BCUT2D eigenvalue weighted by Gasteiger charge is 2.27. The van der Waals surface area contributed by atoms with Gasteiger partial charge in [-0.15, -0.1) is 0 Å². The number of nitrogens with one attached hydrogen (secondary N) is 1. The first-order valence-electron chi connectivity index (χ1n) is 5.43. The van der Waals surface area contributed by atoms with Crippen molar-refractivity contribution in [3.8, 4) is 0 Å². The number of fused-ring (bicyclic) bond motifs is 1. The molecule has 1 N–H and O–H groups in total. The molecule has 84 valence electrons. The van der Waals surface area contributed by atoms with Crippen LogP contribution in [-0.2, 0) is 0 Å². The van der Waals surface area contributed by atoms with Crippen LogP contribution in [-0.4, -0.2) is 44.3 Å². The van der Waals surface area contributed by atoms with Crippen LogP contribution in [0.25, 0.3) is 11.0 Å². The number of aromatic amines is 1. The lowest BCUT2D eigenvalue weighted by Gasteiger charge is -2.38. The maximum atomic E-state index is 11.5. The zero-order valence-corrected chi connectivity index (χ0v) is 9.05. The molecule has 1 aliphatic heterocycles. The minimum Gasteiger partial charge on any atom is -0.311 e. The van der Waals surface area contributed by atoms with Gasteiger partial charge in [0.25, 0.3) is 5.56 Å². The maximum Gasteiger partial charge on any atom is 0.279 e. The van der Waals surface area contributed by atoms with Crippen LogP contribution in [0.5, 0.6) is 0 Å². The Morgan fingerprint density at radius 1 is 1.56 bits per heavy atom. The zero-order chi connectivity index (χ0) is 11.1. The number of hydrogen-bond donors (Lipinski definition) is 1. The summed E-state index contributed by atoms with van der Waals surface area (Å²) in [7, 11) is 0. The van der Waals surface area contributed by atoms with E-state index in [4.69, 9.17) is 0 Å². The Morgan fingerprint density at radius 2 is 2.38 bits per heavy atom. The number of rotatable bonds is 2. The van der Waals surface area contributed by atoms with Crippen molar-refractivity contribution < 1.29 is 0 Å². The molecule has 2 aromatic rings. The van der Waals surface area contributed by atoms with Crippen LogP contribution < -0.4 is 5.56 Å². The Morgan fingerprint density at radius 3 is 3.06 bits per heavy atom. The van der Waals surface area contributed by atoms with E-state index in [1.54, 1.807) is 0 Å². The van der Waals surface area contributed by atoms with Gasteiger partial charge >= 0.3 is 0 Å². The lowest BCUT2D eigenvalue weighted by Crippen LogP contribution is -2.47. The lowest BCUT2D eigenvalue weighted by atomic mass is 10.1. The molecule has 1 saturated heterocycles. The normalized spacial score (nSPS) is 17.8. The Bertz CT molecular complexity index is 566. The molecule has 0 saturated carbocycles. The van der Waals surface area contributed by atoms with Crippen molar-refractivity contribution in [2.24, 2.45) is 0 Å². The monoisotopic (exact) mass is 219 g/mol. The summed E-state index contributed by atoms with van der Waals surface area (Å²) in [4.78, 5) is 20.4. The van der Waals surface area contributed by atoms with Gasteiger partial charge in [0.05, 0.1) is 18.6 Å². The van der Waals surface area contributed by atoms with E-state index in [2.05, 4.69) is 26.9 Å².